The Morgan fingerprint density at radius 2 is 2.06 bits per heavy atom. The Balaban J connectivity index is 2.35. The zero-order valence-electron chi connectivity index (χ0n) is 11.1. The number of rotatable bonds is 3. The maximum Gasteiger partial charge on any atom is 0.123 e. The molecular formula is C13H22N4O. The molecule has 0 aromatic carbocycles. The molecule has 5 heteroatoms. The van der Waals surface area contributed by atoms with Crippen molar-refractivity contribution in [1.82, 2.24) is 15.2 Å². The molecule has 2 rings (SSSR count). The highest BCUT2D eigenvalue weighted by Crippen LogP contribution is 2.32. The number of hydrogen-bond acceptors (Lipinski definition) is 5. The van der Waals surface area contributed by atoms with E-state index in [2.05, 4.69) is 10.3 Å². The van der Waals surface area contributed by atoms with Crippen LogP contribution in [-0.2, 0) is 12.1 Å². The van der Waals surface area contributed by atoms with Crippen LogP contribution in [0.5, 0.6) is 0 Å². The van der Waals surface area contributed by atoms with E-state index in [1.165, 1.54) is 0 Å². The molecule has 5 nitrogen and oxygen atoms in total. The molecule has 0 atom stereocenters. The summed E-state index contributed by atoms with van der Waals surface area (Å²) in [6.45, 7) is 2.36. The number of nitrogens with zero attached hydrogens (tertiary/aromatic N) is 2. The molecule has 0 bridgehead atoms. The maximum absolute atomic E-state index is 10.8. The smallest absolute Gasteiger partial charge is 0.123 e. The van der Waals surface area contributed by atoms with Crippen LogP contribution in [0, 0.1) is 0 Å². The molecule has 0 spiro atoms. The molecule has 1 aliphatic rings. The lowest BCUT2D eigenvalue weighted by Gasteiger charge is -2.34. The highest BCUT2D eigenvalue weighted by molar-refractivity contribution is 5.37. The summed E-state index contributed by atoms with van der Waals surface area (Å²) in [7, 11) is 3.97. The molecule has 1 aromatic rings. The average Bonchev–Trinajstić information content (AvgIpc) is 2.28. The minimum Gasteiger partial charge on any atom is -0.385 e. The lowest BCUT2D eigenvalue weighted by atomic mass is 9.84. The van der Waals surface area contributed by atoms with E-state index in [4.69, 9.17) is 5.73 Å². The van der Waals surface area contributed by atoms with Crippen LogP contribution in [0.4, 0.5) is 5.82 Å². The molecule has 1 fully saturated rings. The quantitative estimate of drug-likeness (QED) is 0.719. The second-order valence-electron chi connectivity index (χ2n) is 5.25. The van der Waals surface area contributed by atoms with Crippen molar-refractivity contribution in [3.63, 3.8) is 0 Å². The Labute approximate surface area is 108 Å². The van der Waals surface area contributed by atoms with Crippen molar-refractivity contribution in [3.05, 3.63) is 23.4 Å². The first-order valence-corrected chi connectivity index (χ1v) is 6.35. The summed E-state index contributed by atoms with van der Waals surface area (Å²) in [5, 5.41) is 14.1. The van der Waals surface area contributed by atoms with Crippen molar-refractivity contribution in [2.45, 2.75) is 25.0 Å². The van der Waals surface area contributed by atoms with Gasteiger partial charge in [0.15, 0.2) is 0 Å². The number of aliphatic hydroxyl groups is 1. The van der Waals surface area contributed by atoms with Crippen molar-refractivity contribution < 1.29 is 5.11 Å². The van der Waals surface area contributed by atoms with E-state index in [9.17, 15) is 5.11 Å². The van der Waals surface area contributed by atoms with Crippen LogP contribution in [-0.4, -0.2) is 42.2 Å². The van der Waals surface area contributed by atoms with Crippen molar-refractivity contribution >= 4 is 5.82 Å². The molecule has 1 aliphatic heterocycles. The summed E-state index contributed by atoms with van der Waals surface area (Å²) in [5.41, 5.74) is 6.79. The van der Waals surface area contributed by atoms with Gasteiger partial charge in [-0.3, -0.25) is 0 Å². The van der Waals surface area contributed by atoms with Crippen LogP contribution >= 0.6 is 0 Å². The van der Waals surface area contributed by atoms with E-state index in [0.717, 1.165) is 37.2 Å². The number of anilines is 1. The second-order valence-corrected chi connectivity index (χ2v) is 5.25. The molecular weight excluding hydrogens is 228 g/mol. The van der Waals surface area contributed by atoms with Crippen molar-refractivity contribution in [2.24, 2.45) is 0 Å². The molecule has 0 radical (unpaired) electrons. The van der Waals surface area contributed by atoms with Gasteiger partial charge in [0.05, 0.1) is 11.3 Å². The normalized spacial score (nSPS) is 19.1. The van der Waals surface area contributed by atoms with Crippen molar-refractivity contribution in [1.29, 1.82) is 0 Å². The molecule has 0 unspecified atom stereocenters. The second kappa shape index (κ2) is 5.22. The summed E-state index contributed by atoms with van der Waals surface area (Å²) >= 11 is 0. The Hall–Kier alpha value is -1.17. The molecule has 4 N–H and O–H groups in total. The minimum atomic E-state index is -0.767. The number of hydrogen-bond donors (Lipinski definition) is 3. The number of piperidine rings is 1. The maximum atomic E-state index is 10.8. The average molecular weight is 250 g/mol. The van der Waals surface area contributed by atoms with E-state index in [1.54, 1.807) is 6.07 Å². The van der Waals surface area contributed by atoms with E-state index >= 15 is 0 Å². The number of nitrogen functional groups attached to an aromatic ring is 1. The highest BCUT2D eigenvalue weighted by Gasteiger charge is 2.33. The van der Waals surface area contributed by atoms with Crippen LogP contribution < -0.4 is 11.1 Å². The summed E-state index contributed by atoms with van der Waals surface area (Å²) in [4.78, 5) is 6.43. The Morgan fingerprint density at radius 3 is 2.67 bits per heavy atom. The number of pyridine rings is 1. The molecule has 2 heterocycles. The number of nitrogens with one attached hydrogen (secondary N) is 1. The van der Waals surface area contributed by atoms with E-state index < -0.39 is 5.60 Å². The largest absolute Gasteiger partial charge is 0.385 e. The topological polar surface area (TPSA) is 74.4 Å². The Morgan fingerprint density at radius 1 is 1.39 bits per heavy atom. The van der Waals surface area contributed by atoms with Crippen molar-refractivity contribution in [2.75, 3.05) is 32.9 Å². The molecule has 0 aliphatic carbocycles. The fourth-order valence-corrected chi connectivity index (χ4v) is 2.47. The van der Waals surface area contributed by atoms with E-state index in [-0.39, 0.29) is 0 Å². The van der Waals surface area contributed by atoms with Gasteiger partial charge in [0.2, 0.25) is 0 Å². The fourth-order valence-electron chi connectivity index (χ4n) is 2.47. The fraction of sp³-hybridized carbons (Fsp3) is 0.615. The van der Waals surface area contributed by atoms with Crippen molar-refractivity contribution in [3.8, 4) is 0 Å². The van der Waals surface area contributed by atoms with Gasteiger partial charge in [0.1, 0.15) is 5.82 Å². The van der Waals surface area contributed by atoms with Gasteiger partial charge >= 0.3 is 0 Å². The molecule has 1 aromatic heterocycles. The molecule has 1 saturated heterocycles. The third-order valence-electron chi connectivity index (χ3n) is 3.39. The van der Waals surface area contributed by atoms with Gasteiger partial charge in [-0.1, -0.05) is 6.07 Å². The summed E-state index contributed by atoms with van der Waals surface area (Å²) in [6, 6.07) is 3.70. The highest BCUT2D eigenvalue weighted by atomic mass is 16.3. The Bertz CT molecular complexity index is 413. The number of aromatic nitrogens is 1. The zero-order valence-corrected chi connectivity index (χ0v) is 11.1. The molecule has 18 heavy (non-hydrogen) atoms. The summed E-state index contributed by atoms with van der Waals surface area (Å²) in [5.74, 6) is 0.508. The minimum absolute atomic E-state index is 0.508. The molecule has 0 saturated carbocycles. The van der Waals surface area contributed by atoms with Gasteiger partial charge in [0, 0.05) is 12.1 Å². The third-order valence-corrected chi connectivity index (χ3v) is 3.39. The van der Waals surface area contributed by atoms with Gasteiger partial charge in [-0.25, -0.2) is 4.98 Å². The SMILES string of the molecule is CN(C)Cc1nc(N)ccc1C1(O)CCNCC1. The van der Waals surface area contributed by atoms with Gasteiger partial charge in [-0.2, -0.15) is 0 Å². The summed E-state index contributed by atoms with van der Waals surface area (Å²) < 4.78 is 0. The van der Waals surface area contributed by atoms with Crippen LogP contribution in [0.15, 0.2) is 12.1 Å². The standard InChI is InChI=1S/C13H22N4O/c1-17(2)9-11-10(3-4-12(14)16-11)13(18)5-7-15-8-6-13/h3-4,15,18H,5-9H2,1-2H3,(H2,14,16). The van der Waals surface area contributed by atoms with Gasteiger partial charge < -0.3 is 21.1 Å². The van der Waals surface area contributed by atoms with E-state index in [1.807, 2.05) is 25.1 Å². The predicted octanol–water partition coefficient (Wildman–Crippen LogP) is 0.296. The number of nitrogens with two attached hydrogens (primary N) is 1. The van der Waals surface area contributed by atoms with Gasteiger partial charge in [-0.05, 0) is 46.1 Å². The van der Waals surface area contributed by atoms with Crippen LogP contribution in [0.3, 0.4) is 0 Å². The first kappa shape index (κ1) is 13.3. The first-order chi connectivity index (χ1) is 8.51. The van der Waals surface area contributed by atoms with E-state index in [0.29, 0.717) is 12.4 Å². The lowest BCUT2D eigenvalue weighted by Crippen LogP contribution is -2.40. The predicted molar refractivity (Wildman–Crippen MR) is 72.0 cm³/mol. The molecule has 0 amide bonds. The summed E-state index contributed by atoms with van der Waals surface area (Å²) in [6.07, 6.45) is 1.44. The lowest BCUT2D eigenvalue weighted by molar-refractivity contribution is 0.00436. The van der Waals surface area contributed by atoms with Gasteiger partial charge in [0.25, 0.3) is 0 Å². The third kappa shape index (κ3) is 2.80. The van der Waals surface area contributed by atoms with Crippen LogP contribution in [0.1, 0.15) is 24.1 Å². The Kier molecular flexibility index (Phi) is 3.85. The zero-order chi connectivity index (χ0) is 13.2. The van der Waals surface area contributed by atoms with Gasteiger partial charge in [-0.15, -0.1) is 0 Å². The van der Waals surface area contributed by atoms with Crippen LogP contribution in [0.25, 0.3) is 0 Å². The molecule has 100 valence electrons. The first-order valence-electron chi connectivity index (χ1n) is 6.35. The van der Waals surface area contributed by atoms with Crippen LogP contribution in [0.2, 0.25) is 0 Å². The monoisotopic (exact) mass is 250 g/mol.